The number of aliphatic hydroxyl groups is 1. The molecular weight excluding hydrogens is 374 g/mol. The van der Waals surface area contributed by atoms with Crippen molar-refractivity contribution in [2.75, 3.05) is 19.8 Å². The van der Waals surface area contributed by atoms with Crippen molar-refractivity contribution in [1.82, 2.24) is 0 Å². The van der Waals surface area contributed by atoms with E-state index >= 15 is 0 Å². The van der Waals surface area contributed by atoms with Gasteiger partial charge in [-0.3, -0.25) is 0 Å². The van der Waals surface area contributed by atoms with E-state index in [0.29, 0.717) is 19.6 Å². The van der Waals surface area contributed by atoms with Crippen LogP contribution in [0.25, 0.3) is 0 Å². The third-order valence-electron chi connectivity index (χ3n) is 5.52. The quantitative estimate of drug-likeness (QED) is 0.368. The molecule has 0 bridgehead atoms. The first-order valence-electron chi connectivity index (χ1n) is 11.4. The summed E-state index contributed by atoms with van der Waals surface area (Å²) in [6.45, 7) is 4.08. The molecule has 4 nitrogen and oxygen atoms in total. The number of hydrogen-bond acceptors (Lipinski definition) is 4. The van der Waals surface area contributed by atoms with Gasteiger partial charge in [-0.15, -0.1) is 0 Å². The Bertz CT molecular complexity index is 674. The Morgan fingerprint density at radius 1 is 0.833 bits per heavy atom. The second-order valence-electron chi connectivity index (χ2n) is 8.22. The summed E-state index contributed by atoms with van der Waals surface area (Å²) < 4.78 is 11.6. The molecule has 2 rings (SSSR count). The van der Waals surface area contributed by atoms with Gasteiger partial charge in [0.25, 0.3) is 0 Å². The molecule has 1 unspecified atom stereocenters. The number of hydrogen-bond donors (Lipinski definition) is 2. The van der Waals surface area contributed by atoms with Crippen LogP contribution in [-0.2, 0) is 17.8 Å². The van der Waals surface area contributed by atoms with E-state index in [4.69, 9.17) is 15.2 Å². The molecule has 3 N–H and O–H groups in total. The van der Waals surface area contributed by atoms with Crippen LogP contribution in [0.1, 0.15) is 63.0 Å². The van der Waals surface area contributed by atoms with Crippen LogP contribution >= 0.6 is 0 Å². The largest absolute Gasteiger partial charge is 0.494 e. The van der Waals surface area contributed by atoms with Crippen molar-refractivity contribution in [1.29, 1.82) is 0 Å². The molecule has 166 valence electrons. The Morgan fingerprint density at radius 2 is 1.57 bits per heavy atom. The zero-order valence-corrected chi connectivity index (χ0v) is 18.5. The first kappa shape index (κ1) is 24.4. The lowest BCUT2D eigenvalue weighted by atomic mass is 9.90. The Labute approximate surface area is 182 Å². The Kier molecular flexibility index (Phi) is 11.5. The lowest BCUT2D eigenvalue weighted by Gasteiger charge is -2.27. The standard InChI is InChI=1S/C26H39NO3/c1-2-3-4-5-9-19-30-25-14-12-23(13-15-25)16-17-26(27,22-28)18-20-29-21-24-10-7-6-8-11-24/h6-8,10-15,28H,2-5,9,16-22,27H2,1H3. The predicted octanol–water partition coefficient (Wildman–Crippen LogP) is 5.27. The average molecular weight is 414 g/mol. The second-order valence-corrected chi connectivity index (χ2v) is 8.22. The average Bonchev–Trinajstić information content (AvgIpc) is 2.79. The van der Waals surface area contributed by atoms with E-state index in [-0.39, 0.29) is 6.61 Å². The third-order valence-corrected chi connectivity index (χ3v) is 5.52. The molecule has 0 aromatic heterocycles. The Morgan fingerprint density at radius 3 is 2.27 bits per heavy atom. The van der Waals surface area contributed by atoms with Crippen LogP contribution in [-0.4, -0.2) is 30.5 Å². The molecule has 2 aromatic carbocycles. The van der Waals surface area contributed by atoms with Gasteiger partial charge in [0.2, 0.25) is 0 Å². The number of nitrogens with two attached hydrogens (primary N) is 1. The fraction of sp³-hybridized carbons (Fsp3) is 0.538. The minimum absolute atomic E-state index is 0.0408. The maximum absolute atomic E-state index is 9.80. The van der Waals surface area contributed by atoms with Crippen molar-refractivity contribution in [3.8, 4) is 5.75 Å². The van der Waals surface area contributed by atoms with Crippen LogP contribution in [0.15, 0.2) is 54.6 Å². The molecule has 0 saturated carbocycles. The maximum atomic E-state index is 9.80. The fourth-order valence-corrected chi connectivity index (χ4v) is 3.36. The molecule has 4 heteroatoms. The van der Waals surface area contributed by atoms with Crippen LogP contribution in [0.2, 0.25) is 0 Å². The summed E-state index contributed by atoms with van der Waals surface area (Å²) in [6, 6.07) is 18.3. The van der Waals surface area contributed by atoms with Crippen LogP contribution in [0.5, 0.6) is 5.75 Å². The summed E-state index contributed by atoms with van der Waals surface area (Å²) in [5.41, 5.74) is 8.15. The lowest BCUT2D eigenvalue weighted by molar-refractivity contribution is 0.0825. The number of ether oxygens (including phenoxy) is 2. The zero-order chi connectivity index (χ0) is 21.5. The van der Waals surface area contributed by atoms with Gasteiger partial charge < -0.3 is 20.3 Å². The summed E-state index contributed by atoms with van der Waals surface area (Å²) in [5.74, 6) is 0.921. The van der Waals surface area contributed by atoms with Crippen molar-refractivity contribution >= 4 is 0 Å². The predicted molar refractivity (Wildman–Crippen MR) is 124 cm³/mol. The van der Waals surface area contributed by atoms with Gasteiger partial charge in [0.05, 0.1) is 19.8 Å². The van der Waals surface area contributed by atoms with Crippen LogP contribution in [0, 0.1) is 0 Å². The minimum Gasteiger partial charge on any atom is -0.494 e. The van der Waals surface area contributed by atoms with Gasteiger partial charge in [-0.1, -0.05) is 75.1 Å². The highest BCUT2D eigenvalue weighted by Gasteiger charge is 2.23. The van der Waals surface area contributed by atoms with Gasteiger partial charge in [-0.25, -0.2) is 0 Å². The molecular formula is C26H39NO3. The molecule has 0 saturated heterocycles. The van der Waals surface area contributed by atoms with E-state index < -0.39 is 5.54 Å². The van der Waals surface area contributed by atoms with Crippen LogP contribution in [0.3, 0.4) is 0 Å². The lowest BCUT2D eigenvalue weighted by Crippen LogP contribution is -2.45. The molecule has 0 heterocycles. The van der Waals surface area contributed by atoms with Crippen LogP contribution in [0.4, 0.5) is 0 Å². The number of benzene rings is 2. The molecule has 0 fully saturated rings. The summed E-state index contributed by atoms with van der Waals surface area (Å²) in [4.78, 5) is 0. The van der Waals surface area contributed by atoms with E-state index in [1.54, 1.807) is 0 Å². The number of unbranched alkanes of at least 4 members (excludes halogenated alkanes) is 4. The van der Waals surface area contributed by atoms with Crippen molar-refractivity contribution < 1.29 is 14.6 Å². The van der Waals surface area contributed by atoms with Gasteiger partial charge in [-0.2, -0.15) is 0 Å². The van der Waals surface area contributed by atoms with Crippen molar-refractivity contribution in [3.63, 3.8) is 0 Å². The molecule has 0 aliphatic rings. The number of rotatable bonds is 16. The van der Waals surface area contributed by atoms with Gasteiger partial charge in [0.1, 0.15) is 5.75 Å². The first-order chi connectivity index (χ1) is 14.6. The van der Waals surface area contributed by atoms with E-state index in [0.717, 1.165) is 37.2 Å². The van der Waals surface area contributed by atoms with Crippen LogP contribution < -0.4 is 10.5 Å². The van der Waals surface area contributed by atoms with E-state index in [2.05, 4.69) is 19.1 Å². The fourth-order valence-electron chi connectivity index (χ4n) is 3.36. The summed E-state index contributed by atoms with van der Waals surface area (Å²) in [6.07, 6.45) is 8.40. The molecule has 0 spiro atoms. The molecule has 30 heavy (non-hydrogen) atoms. The van der Waals surface area contributed by atoms with Crippen molar-refractivity contribution in [2.45, 2.75) is 70.4 Å². The van der Waals surface area contributed by atoms with Gasteiger partial charge >= 0.3 is 0 Å². The topological polar surface area (TPSA) is 64.7 Å². The molecule has 0 aliphatic carbocycles. The summed E-state index contributed by atoms with van der Waals surface area (Å²) in [5, 5.41) is 9.80. The molecule has 2 aromatic rings. The van der Waals surface area contributed by atoms with Crippen molar-refractivity contribution in [3.05, 3.63) is 65.7 Å². The van der Waals surface area contributed by atoms with E-state index in [9.17, 15) is 5.11 Å². The van der Waals surface area contributed by atoms with E-state index in [1.165, 1.54) is 31.2 Å². The normalized spacial score (nSPS) is 13.2. The van der Waals surface area contributed by atoms with Gasteiger partial charge in [0, 0.05) is 12.1 Å². The highest BCUT2D eigenvalue weighted by atomic mass is 16.5. The number of aryl methyl sites for hydroxylation is 1. The number of aliphatic hydroxyl groups excluding tert-OH is 1. The summed E-state index contributed by atoms with van der Waals surface area (Å²) in [7, 11) is 0. The van der Waals surface area contributed by atoms with Gasteiger partial charge in [-0.05, 0) is 48.9 Å². The second kappa shape index (κ2) is 14.2. The monoisotopic (exact) mass is 413 g/mol. The highest BCUT2D eigenvalue weighted by Crippen LogP contribution is 2.19. The summed E-state index contributed by atoms with van der Waals surface area (Å²) >= 11 is 0. The molecule has 0 aliphatic heterocycles. The Hall–Kier alpha value is -1.88. The Balaban J connectivity index is 1.66. The van der Waals surface area contributed by atoms with E-state index in [1.807, 2.05) is 42.5 Å². The van der Waals surface area contributed by atoms with Crippen molar-refractivity contribution in [2.24, 2.45) is 5.73 Å². The van der Waals surface area contributed by atoms with Gasteiger partial charge in [0.15, 0.2) is 0 Å². The first-order valence-corrected chi connectivity index (χ1v) is 11.4. The molecule has 0 radical (unpaired) electrons. The highest BCUT2D eigenvalue weighted by molar-refractivity contribution is 5.27. The third kappa shape index (κ3) is 9.75. The molecule has 0 amide bonds. The minimum atomic E-state index is -0.621. The SMILES string of the molecule is CCCCCCCOc1ccc(CCC(N)(CO)CCOCc2ccccc2)cc1. The maximum Gasteiger partial charge on any atom is 0.119 e. The zero-order valence-electron chi connectivity index (χ0n) is 18.5. The molecule has 1 atom stereocenters. The smallest absolute Gasteiger partial charge is 0.119 e.